The SMILES string of the molecule is Cn1cc(NC(=O)c2coc(-c3ccncc3)n2)c(N2C[C@@H](N)CC2=O)n1. The van der Waals surface area contributed by atoms with Crippen LogP contribution in [0.2, 0.25) is 0 Å². The molecular weight excluding hydrogens is 350 g/mol. The summed E-state index contributed by atoms with van der Waals surface area (Å²) >= 11 is 0. The number of hydrogen-bond acceptors (Lipinski definition) is 7. The van der Waals surface area contributed by atoms with E-state index in [-0.39, 0.29) is 24.1 Å². The standard InChI is InChI=1S/C17H17N7O3/c1-23-8-12(15(22-23)24-7-11(18)6-14(24)25)20-16(26)13-9-27-17(21-13)10-2-4-19-5-3-10/h2-5,8-9,11H,6-7,18H2,1H3,(H,20,26)/t11-/m0/s1. The van der Waals surface area contributed by atoms with E-state index in [0.717, 1.165) is 0 Å². The minimum absolute atomic E-state index is 0.112. The van der Waals surface area contributed by atoms with Gasteiger partial charge in [0.15, 0.2) is 11.5 Å². The number of amides is 2. The van der Waals surface area contributed by atoms with E-state index in [9.17, 15) is 9.59 Å². The zero-order valence-corrected chi connectivity index (χ0v) is 14.5. The number of pyridine rings is 1. The first-order chi connectivity index (χ1) is 13.0. The van der Waals surface area contributed by atoms with Crippen molar-refractivity contribution in [2.75, 3.05) is 16.8 Å². The van der Waals surface area contributed by atoms with Gasteiger partial charge in [-0.1, -0.05) is 0 Å². The first-order valence-corrected chi connectivity index (χ1v) is 8.28. The molecule has 3 aromatic rings. The Hall–Kier alpha value is -3.53. The Bertz CT molecular complexity index is 995. The lowest BCUT2D eigenvalue weighted by Gasteiger charge is -2.14. The molecule has 2 amide bonds. The Morgan fingerprint density at radius 3 is 2.85 bits per heavy atom. The average Bonchev–Trinajstić information content (AvgIpc) is 3.34. The Kier molecular flexibility index (Phi) is 4.16. The number of carbonyl (C=O) groups is 2. The van der Waals surface area contributed by atoms with Crippen LogP contribution in [0, 0.1) is 0 Å². The number of carbonyl (C=O) groups excluding carboxylic acids is 2. The number of aryl methyl sites for hydroxylation is 1. The van der Waals surface area contributed by atoms with Crippen LogP contribution in [-0.2, 0) is 11.8 Å². The van der Waals surface area contributed by atoms with Crippen LogP contribution in [0.25, 0.3) is 11.5 Å². The van der Waals surface area contributed by atoms with Gasteiger partial charge in [-0.3, -0.25) is 24.2 Å². The maximum atomic E-state index is 12.6. The van der Waals surface area contributed by atoms with Gasteiger partial charge in [-0.15, -0.1) is 0 Å². The highest BCUT2D eigenvalue weighted by Crippen LogP contribution is 2.28. The van der Waals surface area contributed by atoms with Gasteiger partial charge in [0.1, 0.15) is 12.0 Å². The molecule has 0 aromatic carbocycles. The molecule has 3 N–H and O–H groups in total. The topological polar surface area (TPSA) is 132 Å². The Balaban J connectivity index is 1.56. The fraction of sp³-hybridized carbons (Fsp3) is 0.235. The molecule has 0 spiro atoms. The van der Waals surface area contributed by atoms with Gasteiger partial charge < -0.3 is 15.5 Å². The predicted molar refractivity (Wildman–Crippen MR) is 95.8 cm³/mol. The highest BCUT2D eigenvalue weighted by Gasteiger charge is 2.32. The van der Waals surface area contributed by atoms with Gasteiger partial charge in [0.05, 0.1) is 6.20 Å². The van der Waals surface area contributed by atoms with E-state index < -0.39 is 5.91 Å². The van der Waals surface area contributed by atoms with E-state index in [2.05, 4.69) is 20.4 Å². The van der Waals surface area contributed by atoms with Crippen molar-refractivity contribution in [2.24, 2.45) is 12.8 Å². The summed E-state index contributed by atoms with van der Waals surface area (Å²) < 4.78 is 6.90. The average molecular weight is 367 g/mol. The normalized spacial score (nSPS) is 16.7. The number of nitrogens with two attached hydrogens (primary N) is 1. The first-order valence-electron chi connectivity index (χ1n) is 8.28. The van der Waals surface area contributed by atoms with Crippen LogP contribution in [0.5, 0.6) is 0 Å². The molecule has 1 aliphatic rings. The first kappa shape index (κ1) is 16.9. The maximum Gasteiger partial charge on any atom is 0.277 e. The Morgan fingerprint density at radius 1 is 1.37 bits per heavy atom. The molecule has 1 fully saturated rings. The lowest BCUT2D eigenvalue weighted by Crippen LogP contribution is -2.29. The van der Waals surface area contributed by atoms with Crippen LogP contribution in [0.4, 0.5) is 11.5 Å². The van der Waals surface area contributed by atoms with Crippen LogP contribution in [0.3, 0.4) is 0 Å². The zero-order valence-electron chi connectivity index (χ0n) is 14.5. The molecule has 3 aromatic heterocycles. The van der Waals surface area contributed by atoms with E-state index in [0.29, 0.717) is 29.5 Å². The van der Waals surface area contributed by atoms with E-state index >= 15 is 0 Å². The number of anilines is 2. The summed E-state index contributed by atoms with van der Waals surface area (Å²) in [7, 11) is 1.71. The monoisotopic (exact) mass is 367 g/mol. The van der Waals surface area contributed by atoms with E-state index in [1.165, 1.54) is 15.8 Å². The van der Waals surface area contributed by atoms with E-state index in [4.69, 9.17) is 10.2 Å². The molecule has 138 valence electrons. The smallest absolute Gasteiger partial charge is 0.277 e. The van der Waals surface area contributed by atoms with Crippen molar-refractivity contribution in [1.82, 2.24) is 19.7 Å². The van der Waals surface area contributed by atoms with Crippen molar-refractivity contribution in [3.8, 4) is 11.5 Å². The second-order valence-electron chi connectivity index (χ2n) is 6.24. The molecule has 0 radical (unpaired) electrons. The van der Waals surface area contributed by atoms with Crippen molar-refractivity contribution in [3.63, 3.8) is 0 Å². The largest absolute Gasteiger partial charge is 0.444 e. The van der Waals surface area contributed by atoms with Gasteiger partial charge >= 0.3 is 0 Å². The maximum absolute atomic E-state index is 12.6. The van der Waals surface area contributed by atoms with Gasteiger partial charge in [0.2, 0.25) is 11.8 Å². The van der Waals surface area contributed by atoms with Gasteiger partial charge in [0.25, 0.3) is 5.91 Å². The second-order valence-corrected chi connectivity index (χ2v) is 6.24. The highest BCUT2D eigenvalue weighted by molar-refractivity contribution is 6.06. The molecule has 4 heterocycles. The quantitative estimate of drug-likeness (QED) is 0.696. The molecule has 10 heteroatoms. The number of nitrogens with one attached hydrogen (secondary N) is 1. The molecule has 1 atom stereocenters. The van der Waals surface area contributed by atoms with Gasteiger partial charge in [-0.05, 0) is 12.1 Å². The van der Waals surface area contributed by atoms with Crippen molar-refractivity contribution < 1.29 is 14.0 Å². The number of nitrogens with zero attached hydrogens (tertiary/aromatic N) is 5. The summed E-state index contributed by atoms with van der Waals surface area (Å²) in [6.45, 7) is 0.356. The van der Waals surface area contributed by atoms with Crippen LogP contribution < -0.4 is 16.0 Å². The van der Waals surface area contributed by atoms with Crippen LogP contribution >= 0.6 is 0 Å². The van der Waals surface area contributed by atoms with E-state index in [1.54, 1.807) is 37.8 Å². The summed E-state index contributed by atoms with van der Waals surface area (Å²) in [6, 6.07) is 3.21. The minimum Gasteiger partial charge on any atom is -0.444 e. The number of aromatic nitrogens is 4. The van der Waals surface area contributed by atoms with Gasteiger partial charge in [-0.2, -0.15) is 5.10 Å². The third kappa shape index (κ3) is 3.29. The fourth-order valence-electron chi connectivity index (χ4n) is 2.90. The minimum atomic E-state index is -0.468. The zero-order chi connectivity index (χ0) is 19.0. The summed E-state index contributed by atoms with van der Waals surface area (Å²) in [5, 5.41) is 7.01. The Labute approximate surface area is 154 Å². The second kappa shape index (κ2) is 6.65. The third-order valence-electron chi connectivity index (χ3n) is 4.13. The fourth-order valence-corrected chi connectivity index (χ4v) is 2.90. The molecule has 0 aliphatic carbocycles. The summed E-state index contributed by atoms with van der Waals surface area (Å²) in [5.74, 6) is 0.0821. The summed E-state index contributed by atoms with van der Waals surface area (Å²) in [6.07, 6.45) is 6.37. The summed E-state index contributed by atoms with van der Waals surface area (Å²) in [5.41, 5.74) is 7.07. The van der Waals surface area contributed by atoms with Crippen LogP contribution in [0.15, 0.2) is 41.4 Å². The molecule has 1 saturated heterocycles. The lowest BCUT2D eigenvalue weighted by molar-refractivity contribution is -0.117. The van der Waals surface area contributed by atoms with Crippen LogP contribution in [0.1, 0.15) is 16.9 Å². The van der Waals surface area contributed by atoms with Crippen LogP contribution in [-0.4, -0.2) is 44.1 Å². The number of hydrogen-bond donors (Lipinski definition) is 2. The molecule has 1 aliphatic heterocycles. The highest BCUT2D eigenvalue weighted by atomic mass is 16.3. The molecule has 27 heavy (non-hydrogen) atoms. The van der Waals surface area contributed by atoms with Crippen molar-refractivity contribution >= 4 is 23.3 Å². The van der Waals surface area contributed by atoms with Crippen molar-refractivity contribution in [3.05, 3.63) is 42.7 Å². The molecular formula is C17H17N7O3. The Morgan fingerprint density at radius 2 is 2.15 bits per heavy atom. The lowest BCUT2D eigenvalue weighted by atomic mass is 10.3. The van der Waals surface area contributed by atoms with Crippen molar-refractivity contribution in [1.29, 1.82) is 0 Å². The molecule has 0 saturated carbocycles. The third-order valence-corrected chi connectivity index (χ3v) is 4.13. The van der Waals surface area contributed by atoms with Crippen molar-refractivity contribution in [2.45, 2.75) is 12.5 Å². The molecule has 0 unspecified atom stereocenters. The number of oxazole rings is 1. The van der Waals surface area contributed by atoms with Gasteiger partial charge in [-0.25, -0.2) is 4.98 Å². The molecule has 0 bridgehead atoms. The molecule has 10 nitrogen and oxygen atoms in total. The predicted octanol–water partition coefficient (Wildman–Crippen LogP) is 0.786. The number of rotatable bonds is 4. The molecule has 4 rings (SSSR count). The summed E-state index contributed by atoms with van der Waals surface area (Å²) in [4.78, 5) is 34.3. The van der Waals surface area contributed by atoms with E-state index in [1.807, 2.05) is 0 Å². The van der Waals surface area contributed by atoms with Gasteiger partial charge in [0, 0.05) is 44.0 Å².